The van der Waals surface area contributed by atoms with Crippen LogP contribution in [0, 0.1) is 0 Å². The van der Waals surface area contributed by atoms with Crippen LogP contribution >= 0.6 is 0 Å². The average molecular weight is 272 g/mol. The molecule has 0 unspecified atom stereocenters. The molecule has 20 heavy (non-hydrogen) atoms. The van der Waals surface area contributed by atoms with Crippen LogP contribution in [0.25, 0.3) is 0 Å². The van der Waals surface area contributed by atoms with Crippen molar-refractivity contribution in [3.8, 4) is 0 Å². The summed E-state index contributed by atoms with van der Waals surface area (Å²) in [6, 6.07) is 8.67. The summed E-state index contributed by atoms with van der Waals surface area (Å²) in [5.41, 5.74) is 2.26. The van der Waals surface area contributed by atoms with Crippen molar-refractivity contribution in [2.45, 2.75) is 38.5 Å². The number of nitrogens with one attached hydrogen (secondary N) is 1. The molecule has 3 rings (SSSR count). The highest BCUT2D eigenvalue weighted by Gasteiger charge is 2.20. The van der Waals surface area contributed by atoms with Crippen LogP contribution in [0.15, 0.2) is 41.1 Å². The Bertz CT molecular complexity index is 520. The van der Waals surface area contributed by atoms with Gasteiger partial charge in [-0.3, -0.25) is 4.98 Å². The van der Waals surface area contributed by atoms with Crippen LogP contribution in [-0.2, 0) is 24.3 Å². The second-order valence-electron chi connectivity index (χ2n) is 5.15. The molecule has 0 atom stereocenters. The summed E-state index contributed by atoms with van der Waals surface area (Å²) in [6.07, 6.45) is 6.98. The van der Waals surface area contributed by atoms with Gasteiger partial charge < -0.3 is 14.5 Å². The molecule has 0 spiro atoms. The third-order valence-electron chi connectivity index (χ3n) is 3.46. The molecule has 0 aliphatic heterocycles. The first kappa shape index (κ1) is 13.3. The van der Waals surface area contributed by atoms with Crippen molar-refractivity contribution < 1.29 is 9.15 Å². The van der Waals surface area contributed by atoms with Gasteiger partial charge in [-0.25, -0.2) is 0 Å². The predicted molar refractivity (Wildman–Crippen MR) is 76.2 cm³/mol. The monoisotopic (exact) mass is 272 g/mol. The highest BCUT2D eigenvalue weighted by molar-refractivity contribution is 5.16. The summed E-state index contributed by atoms with van der Waals surface area (Å²) in [6.45, 7) is 2.06. The van der Waals surface area contributed by atoms with Crippen LogP contribution < -0.4 is 5.32 Å². The summed E-state index contributed by atoms with van der Waals surface area (Å²) in [5.74, 6) is 0.930. The molecule has 2 aromatic rings. The Morgan fingerprint density at radius 2 is 2.25 bits per heavy atom. The standard InChI is InChI=1S/C16H20N2O2/c1-2-8-17-14(3-1)7-9-19-12-16-13(6-10-20-16)11-18-15-4-5-15/h1-3,6,8,10,15,18H,4-5,7,9,11-12H2. The summed E-state index contributed by atoms with van der Waals surface area (Å²) >= 11 is 0. The largest absolute Gasteiger partial charge is 0.467 e. The Morgan fingerprint density at radius 3 is 3.05 bits per heavy atom. The van der Waals surface area contributed by atoms with Crippen LogP contribution in [0.2, 0.25) is 0 Å². The van der Waals surface area contributed by atoms with E-state index >= 15 is 0 Å². The first-order valence-corrected chi connectivity index (χ1v) is 7.18. The quantitative estimate of drug-likeness (QED) is 0.751. The molecule has 106 valence electrons. The molecular weight excluding hydrogens is 252 g/mol. The number of rotatable bonds is 8. The van der Waals surface area contributed by atoms with Gasteiger partial charge in [0.05, 0.1) is 12.9 Å². The molecule has 0 bridgehead atoms. The van der Waals surface area contributed by atoms with Gasteiger partial charge in [-0.15, -0.1) is 0 Å². The second kappa shape index (κ2) is 6.68. The fourth-order valence-corrected chi connectivity index (χ4v) is 2.08. The first-order chi connectivity index (χ1) is 9.92. The molecular formula is C16H20N2O2. The lowest BCUT2D eigenvalue weighted by molar-refractivity contribution is 0.107. The van der Waals surface area contributed by atoms with Gasteiger partial charge in [0.15, 0.2) is 0 Å². The van der Waals surface area contributed by atoms with Crippen molar-refractivity contribution in [1.82, 2.24) is 10.3 Å². The van der Waals surface area contributed by atoms with Gasteiger partial charge in [-0.2, -0.15) is 0 Å². The first-order valence-electron chi connectivity index (χ1n) is 7.18. The smallest absolute Gasteiger partial charge is 0.133 e. The van der Waals surface area contributed by atoms with Crippen molar-refractivity contribution in [2.24, 2.45) is 0 Å². The van der Waals surface area contributed by atoms with Gasteiger partial charge >= 0.3 is 0 Å². The predicted octanol–water partition coefficient (Wildman–Crippen LogP) is 2.69. The van der Waals surface area contributed by atoms with E-state index in [2.05, 4.69) is 10.3 Å². The lowest BCUT2D eigenvalue weighted by atomic mass is 10.2. The molecule has 0 radical (unpaired) electrons. The summed E-state index contributed by atoms with van der Waals surface area (Å²) in [7, 11) is 0. The highest BCUT2D eigenvalue weighted by atomic mass is 16.5. The normalized spacial score (nSPS) is 14.6. The second-order valence-corrected chi connectivity index (χ2v) is 5.15. The third kappa shape index (κ3) is 3.92. The third-order valence-corrected chi connectivity index (χ3v) is 3.46. The number of hydrogen-bond acceptors (Lipinski definition) is 4. The Labute approximate surface area is 119 Å². The number of pyridine rings is 1. The van der Waals surface area contributed by atoms with Crippen LogP contribution in [0.4, 0.5) is 0 Å². The van der Waals surface area contributed by atoms with Gasteiger partial charge in [-0.1, -0.05) is 6.07 Å². The molecule has 1 aliphatic rings. The zero-order valence-electron chi connectivity index (χ0n) is 11.5. The molecule has 1 aliphatic carbocycles. The van der Waals surface area contributed by atoms with E-state index in [1.54, 1.807) is 6.26 Å². The van der Waals surface area contributed by atoms with Gasteiger partial charge in [0, 0.05) is 36.5 Å². The van der Waals surface area contributed by atoms with E-state index in [0.717, 1.165) is 24.4 Å². The maximum absolute atomic E-state index is 5.68. The fourth-order valence-electron chi connectivity index (χ4n) is 2.08. The minimum absolute atomic E-state index is 0.529. The Kier molecular flexibility index (Phi) is 4.46. The zero-order valence-corrected chi connectivity index (χ0v) is 11.5. The topological polar surface area (TPSA) is 47.3 Å². The molecule has 4 heteroatoms. The molecule has 0 saturated heterocycles. The Balaban J connectivity index is 1.40. The van der Waals surface area contributed by atoms with Crippen molar-refractivity contribution in [3.05, 3.63) is 53.7 Å². The van der Waals surface area contributed by atoms with Crippen LogP contribution in [0.5, 0.6) is 0 Å². The van der Waals surface area contributed by atoms with E-state index < -0.39 is 0 Å². The van der Waals surface area contributed by atoms with E-state index in [0.29, 0.717) is 19.3 Å². The summed E-state index contributed by atoms with van der Waals surface area (Å²) < 4.78 is 11.2. The molecule has 2 aromatic heterocycles. The number of ether oxygens (including phenoxy) is 1. The molecule has 0 aromatic carbocycles. The van der Waals surface area contributed by atoms with E-state index in [-0.39, 0.29) is 0 Å². The van der Waals surface area contributed by atoms with Gasteiger partial charge in [0.2, 0.25) is 0 Å². The van der Waals surface area contributed by atoms with Crippen molar-refractivity contribution >= 4 is 0 Å². The number of furan rings is 1. The van der Waals surface area contributed by atoms with Gasteiger partial charge in [0.1, 0.15) is 12.4 Å². The van der Waals surface area contributed by atoms with Crippen LogP contribution in [0.1, 0.15) is 29.9 Å². The van der Waals surface area contributed by atoms with Crippen LogP contribution in [-0.4, -0.2) is 17.6 Å². The SMILES string of the molecule is c1ccc(CCOCc2occc2CNC2CC2)nc1. The lowest BCUT2D eigenvalue weighted by Gasteiger charge is -2.05. The number of hydrogen-bond donors (Lipinski definition) is 1. The highest BCUT2D eigenvalue weighted by Crippen LogP contribution is 2.20. The Morgan fingerprint density at radius 1 is 1.30 bits per heavy atom. The minimum Gasteiger partial charge on any atom is -0.467 e. The average Bonchev–Trinajstić information content (AvgIpc) is 3.21. The molecule has 2 heterocycles. The van der Waals surface area contributed by atoms with Crippen molar-refractivity contribution in [1.29, 1.82) is 0 Å². The van der Waals surface area contributed by atoms with Crippen molar-refractivity contribution in [3.63, 3.8) is 0 Å². The maximum Gasteiger partial charge on any atom is 0.133 e. The Hall–Kier alpha value is -1.65. The van der Waals surface area contributed by atoms with E-state index in [9.17, 15) is 0 Å². The van der Waals surface area contributed by atoms with E-state index in [1.165, 1.54) is 18.4 Å². The fraction of sp³-hybridized carbons (Fsp3) is 0.438. The zero-order chi connectivity index (χ0) is 13.6. The van der Waals surface area contributed by atoms with Gasteiger partial charge in [0.25, 0.3) is 0 Å². The molecule has 1 N–H and O–H groups in total. The lowest BCUT2D eigenvalue weighted by Crippen LogP contribution is -2.16. The van der Waals surface area contributed by atoms with Gasteiger partial charge in [-0.05, 0) is 31.0 Å². The van der Waals surface area contributed by atoms with E-state index in [1.807, 2.05) is 30.5 Å². The molecule has 0 amide bonds. The van der Waals surface area contributed by atoms with E-state index in [4.69, 9.17) is 9.15 Å². The minimum atomic E-state index is 0.529. The maximum atomic E-state index is 5.68. The molecule has 1 fully saturated rings. The number of aromatic nitrogens is 1. The number of nitrogens with zero attached hydrogens (tertiary/aromatic N) is 1. The molecule has 1 saturated carbocycles. The summed E-state index contributed by atoms with van der Waals surface area (Å²) in [4.78, 5) is 4.27. The summed E-state index contributed by atoms with van der Waals surface area (Å²) in [5, 5.41) is 3.49. The van der Waals surface area contributed by atoms with Crippen LogP contribution in [0.3, 0.4) is 0 Å². The molecule has 4 nitrogen and oxygen atoms in total. The van der Waals surface area contributed by atoms with Crippen molar-refractivity contribution in [2.75, 3.05) is 6.61 Å².